The molecule has 0 N–H and O–H groups in total. The fourth-order valence-electron chi connectivity index (χ4n) is 16.6. The van der Waals surface area contributed by atoms with E-state index in [1.807, 2.05) is 11.3 Å². The zero-order valence-electron chi connectivity index (χ0n) is 59.4. The fourth-order valence-corrected chi connectivity index (χ4v) is 17.7. The summed E-state index contributed by atoms with van der Waals surface area (Å²) in [7, 11) is 0. The van der Waals surface area contributed by atoms with Crippen LogP contribution in [-0.4, -0.2) is 6.71 Å². The normalized spacial score (nSPS) is 12.9. The molecule has 0 fully saturated rings. The first-order valence-electron chi connectivity index (χ1n) is 36.1. The zero-order chi connectivity index (χ0) is 69.3. The van der Waals surface area contributed by atoms with E-state index in [2.05, 4.69) is 388 Å². The van der Waals surface area contributed by atoms with Crippen molar-refractivity contribution < 1.29 is 0 Å². The number of benzene rings is 15. The molecule has 2 nitrogen and oxygen atoms in total. The lowest BCUT2D eigenvalue weighted by molar-refractivity contribution is 0.590. The molecule has 2 aliphatic heterocycles. The standard InChI is InChI=1S/C98H79BN2S/c1-96(2,3)69-56-78(62-32-15-10-16-33-62)94(79(57-69)63-34-17-11-18-35-63)100-84-53-51-67(72-47-31-49-89-92(72)77-46-29-30-48-88(77)102-89)54-83(84)99-82-52-50-68(91-75-44-27-25-42-73(75)90(66-40-23-14-24-41-66)74-43-26-28-45-76(74)91)55-85(82)101(87-61-71(98(7,8)9)60-86(100)93(87)99)95-80(64-36-19-12-20-37-64)58-70(97(4,5)6)59-81(95)65-38-21-13-22-39-65/h10-61H,1-9H3. The number of fused-ring (bicyclic) bond motifs is 9. The highest BCUT2D eigenvalue weighted by atomic mass is 32.1. The Morgan fingerprint density at radius 3 is 1.08 bits per heavy atom. The first kappa shape index (κ1) is 62.9. The van der Waals surface area contributed by atoms with Crippen molar-refractivity contribution in [3.63, 3.8) is 0 Å². The van der Waals surface area contributed by atoms with E-state index in [-0.39, 0.29) is 23.0 Å². The Bertz CT molecular complexity index is 5810. The summed E-state index contributed by atoms with van der Waals surface area (Å²) >= 11 is 1.88. The van der Waals surface area contributed by atoms with Gasteiger partial charge in [0.2, 0.25) is 0 Å². The quantitative estimate of drug-likeness (QED) is 0.105. The third-order valence-electron chi connectivity index (χ3n) is 21.7. The predicted molar refractivity (Wildman–Crippen MR) is 443 cm³/mol. The molecule has 3 heterocycles. The molecule has 0 atom stereocenters. The second kappa shape index (κ2) is 24.2. The summed E-state index contributed by atoms with van der Waals surface area (Å²) < 4.78 is 2.59. The van der Waals surface area contributed by atoms with E-state index in [0.29, 0.717) is 0 Å². The van der Waals surface area contributed by atoms with Gasteiger partial charge < -0.3 is 9.80 Å². The van der Waals surface area contributed by atoms with E-state index >= 15 is 0 Å². The lowest BCUT2D eigenvalue weighted by Crippen LogP contribution is -2.61. The third-order valence-corrected chi connectivity index (χ3v) is 22.8. The van der Waals surface area contributed by atoms with Gasteiger partial charge in [-0.2, -0.15) is 0 Å². The highest BCUT2D eigenvalue weighted by Gasteiger charge is 2.47. The van der Waals surface area contributed by atoms with Crippen molar-refractivity contribution in [2.75, 3.05) is 9.80 Å². The van der Waals surface area contributed by atoms with Crippen molar-refractivity contribution >= 4 is 110 Å². The van der Waals surface area contributed by atoms with Gasteiger partial charge in [0.15, 0.2) is 0 Å². The molecule has 18 rings (SSSR count). The molecule has 15 aromatic carbocycles. The van der Waals surface area contributed by atoms with Gasteiger partial charge in [-0.1, -0.05) is 317 Å². The molecule has 0 bridgehead atoms. The van der Waals surface area contributed by atoms with E-state index in [1.54, 1.807) is 0 Å². The summed E-state index contributed by atoms with van der Waals surface area (Å²) in [5.41, 5.74) is 30.5. The van der Waals surface area contributed by atoms with E-state index < -0.39 is 0 Å². The average molecular weight is 1330 g/mol. The molecule has 102 heavy (non-hydrogen) atoms. The van der Waals surface area contributed by atoms with Gasteiger partial charge >= 0.3 is 0 Å². The van der Waals surface area contributed by atoms with Crippen molar-refractivity contribution in [1.82, 2.24) is 0 Å². The molecule has 490 valence electrons. The van der Waals surface area contributed by atoms with Crippen LogP contribution in [0, 0.1) is 0 Å². The van der Waals surface area contributed by atoms with Gasteiger partial charge in [0.05, 0.1) is 11.4 Å². The number of rotatable bonds is 9. The number of hydrogen-bond acceptors (Lipinski definition) is 3. The summed E-state index contributed by atoms with van der Waals surface area (Å²) in [6.45, 7) is 21.1. The maximum atomic E-state index is 2.76. The van der Waals surface area contributed by atoms with Crippen molar-refractivity contribution in [3.05, 3.63) is 332 Å². The van der Waals surface area contributed by atoms with Crippen LogP contribution in [0.5, 0.6) is 0 Å². The highest BCUT2D eigenvalue weighted by Crippen LogP contribution is 2.56. The largest absolute Gasteiger partial charge is 0.310 e. The molecule has 0 unspecified atom stereocenters. The molecule has 16 aromatic rings. The minimum atomic E-state index is -0.313. The van der Waals surface area contributed by atoms with Crippen LogP contribution in [-0.2, 0) is 16.2 Å². The van der Waals surface area contributed by atoms with Gasteiger partial charge in [-0.15, -0.1) is 11.3 Å². The van der Waals surface area contributed by atoms with Crippen molar-refractivity contribution in [1.29, 1.82) is 0 Å². The van der Waals surface area contributed by atoms with Crippen LogP contribution in [0.3, 0.4) is 0 Å². The van der Waals surface area contributed by atoms with Gasteiger partial charge in [0.1, 0.15) is 0 Å². The molecule has 0 aliphatic carbocycles. The van der Waals surface area contributed by atoms with Crippen molar-refractivity contribution in [2.45, 2.75) is 78.6 Å². The third kappa shape index (κ3) is 10.4. The monoisotopic (exact) mass is 1330 g/mol. The molecule has 2 aliphatic rings. The Balaban J connectivity index is 1.04. The van der Waals surface area contributed by atoms with Crippen LogP contribution in [0.25, 0.3) is 120 Å². The van der Waals surface area contributed by atoms with Crippen LogP contribution in [0.4, 0.5) is 34.1 Å². The van der Waals surface area contributed by atoms with E-state index in [4.69, 9.17) is 0 Å². The second-order valence-electron chi connectivity index (χ2n) is 31.1. The van der Waals surface area contributed by atoms with E-state index in [1.165, 1.54) is 147 Å². The van der Waals surface area contributed by atoms with Gasteiger partial charge in [0, 0.05) is 65.2 Å². The molecule has 0 saturated carbocycles. The fraction of sp³-hybridized carbons (Fsp3) is 0.122. The Labute approximate surface area is 604 Å². The highest BCUT2D eigenvalue weighted by molar-refractivity contribution is 7.26. The van der Waals surface area contributed by atoms with E-state index in [0.717, 1.165) is 39.4 Å². The Hall–Kier alpha value is -11.3. The average Bonchev–Trinajstić information content (AvgIpc) is 0.760. The van der Waals surface area contributed by atoms with E-state index in [9.17, 15) is 0 Å². The summed E-state index contributed by atoms with van der Waals surface area (Å²) in [4.78, 5) is 5.48. The number of hydrogen-bond donors (Lipinski definition) is 0. The van der Waals surface area contributed by atoms with Crippen LogP contribution in [0.15, 0.2) is 315 Å². The first-order chi connectivity index (χ1) is 49.5. The molecule has 0 saturated heterocycles. The molecular weight excluding hydrogens is 1250 g/mol. The second-order valence-corrected chi connectivity index (χ2v) is 32.2. The predicted octanol–water partition coefficient (Wildman–Crippen LogP) is 26.0. The SMILES string of the molecule is CC(C)(C)c1cc(-c2ccccc2)c(N2c3ccc(-c4cccc5sc6ccccc6c45)cc3B3c4ccc(-c5c6ccccc6c(-c6ccccc6)c6ccccc56)cc4N(c4c(-c5ccccc5)cc(C(C)(C)C)cc4-c4ccccc4)c4cc(C(C)(C)C)cc2c43)c(-c2ccccc2)c1. The summed E-state index contributed by atoms with van der Waals surface area (Å²) in [5.74, 6) is 0. The number of nitrogens with zero attached hydrogens (tertiary/aromatic N) is 2. The number of thiophene rings is 1. The van der Waals surface area contributed by atoms with Gasteiger partial charge in [-0.25, -0.2) is 0 Å². The van der Waals surface area contributed by atoms with Crippen LogP contribution in [0.1, 0.15) is 79.0 Å². The van der Waals surface area contributed by atoms with Crippen LogP contribution < -0.4 is 26.2 Å². The van der Waals surface area contributed by atoms with Crippen molar-refractivity contribution in [2.24, 2.45) is 0 Å². The lowest BCUT2D eigenvalue weighted by Gasteiger charge is -2.47. The molecule has 0 amide bonds. The molecule has 1 aromatic heterocycles. The molecular formula is C98H79BN2S. The van der Waals surface area contributed by atoms with Crippen LogP contribution in [0.2, 0.25) is 0 Å². The first-order valence-corrected chi connectivity index (χ1v) is 36.9. The Kier molecular flexibility index (Phi) is 14.9. The summed E-state index contributed by atoms with van der Waals surface area (Å²) in [6, 6.07) is 120. The van der Waals surface area contributed by atoms with Gasteiger partial charge in [0.25, 0.3) is 6.71 Å². The minimum Gasteiger partial charge on any atom is -0.310 e. The minimum absolute atomic E-state index is 0.176. The molecule has 4 heteroatoms. The Morgan fingerprint density at radius 2 is 0.627 bits per heavy atom. The maximum absolute atomic E-state index is 2.76. The maximum Gasteiger partial charge on any atom is 0.252 e. The van der Waals surface area contributed by atoms with Gasteiger partial charge in [-0.3, -0.25) is 0 Å². The number of anilines is 6. The summed E-state index contributed by atoms with van der Waals surface area (Å²) in [6.07, 6.45) is 0. The zero-order valence-corrected chi connectivity index (χ0v) is 60.2. The Morgan fingerprint density at radius 1 is 0.255 bits per heavy atom. The molecule has 0 spiro atoms. The van der Waals surface area contributed by atoms with Crippen LogP contribution >= 0.6 is 11.3 Å². The van der Waals surface area contributed by atoms with Crippen molar-refractivity contribution in [3.8, 4) is 77.9 Å². The van der Waals surface area contributed by atoms with Gasteiger partial charge in [-0.05, 0) is 187 Å². The lowest BCUT2D eigenvalue weighted by atomic mass is 9.33. The smallest absolute Gasteiger partial charge is 0.252 e. The summed E-state index contributed by atoms with van der Waals surface area (Å²) in [5, 5.41) is 7.50. The topological polar surface area (TPSA) is 6.48 Å². The molecule has 0 radical (unpaired) electrons.